The van der Waals surface area contributed by atoms with Gasteiger partial charge in [0.25, 0.3) is 0 Å². The second kappa shape index (κ2) is 6.78. The predicted octanol–water partition coefficient (Wildman–Crippen LogP) is 2.32. The van der Waals surface area contributed by atoms with Gasteiger partial charge in [0.1, 0.15) is 0 Å². The molecule has 0 aromatic carbocycles. The van der Waals surface area contributed by atoms with Crippen LogP contribution in [0.3, 0.4) is 0 Å². The highest BCUT2D eigenvalue weighted by molar-refractivity contribution is 5.75. The van der Waals surface area contributed by atoms with E-state index in [2.05, 4.69) is 26.1 Å². The van der Waals surface area contributed by atoms with Gasteiger partial charge in [-0.15, -0.1) is 0 Å². The summed E-state index contributed by atoms with van der Waals surface area (Å²) in [5, 5.41) is 11.2. The fourth-order valence-corrected chi connectivity index (χ4v) is 2.55. The molecule has 0 aromatic heterocycles. The van der Waals surface area contributed by atoms with Gasteiger partial charge in [-0.05, 0) is 30.6 Å². The van der Waals surface area contributed by atoms with Crippen molar-refractivity contribution in [3.63, 3.8) is 0 Å². The lowest BCUT2D eigenvalue weighted by molar-refractivity contribution is -0.136. The molecule has 5 nitrogen and oxygen atoms in total. The van der Waals surface area contributed by atoms with Crippen LogP contribution in [0.5, 0.6) is 0 Å². The van der Waals surface area contributed by atoms with Gasteiger partial charge in [0, 0.05) is 19.6 Å². The van der Waals surface area contributed by atoms with Crippen molar-refractivity contribution in [3.8, 4) is 0 Å². The second-order valence-corrected chi connectivity index (χ2v) is 6.36. The summed E-state index contributed by atoms with van der Waals surface area (Å²) in [5.74, 6) is -0.242. The number of aliphatic carboxylic acids is 1. The topological polar surface area (TPSA) is 69.6 Å². The minimum atomic E-state index is -0.885. The standard InChI is InChI=1S/C14H26N2O3/c1-14(2,3)11-5-4-9-16(10-7-11)13(19)15-8-6-12(17)18/h11H,4-10H2,1-3H3,(H,15,19)(H,17,18). The molecular weight excluding hydrogens is 244 g/mol. The summed E-state index contributed by atoms with van der Waals surface area (Å²) in [5.41, 5.74) is 0.287. The molecule has 0 aliphatic carbocycles. The third-order valence-electron chi connectivity index (χ3n) is 3.86. The maximum atomic E-state index is 11.9. The summed E-state index contributed by atoms with van der Waals surface area (Å²) in [6.07, 6.45) is 3.18. The Hall–Kier alpha value is -1.26. The molecule has 1 unspecified atom stereocenters. The largest absolute Gasteiger partial charge is 0.481 e. The summed E-state index contributed by atoms with van der Waals surface area (Å²) in [4.78, 5) is 24.1. The van der Waals surface area contributed by atoms with Gasteiger partial charge in [0.15, 0.2) is 0 Å². The number of carbonyl (C=O) groups is 2. The van der Waals surface area contributed by atoms with E-state index < -0.39 is 5.97 Å². The van der Waals surface area contributed by atoms with Crippen molar-refractivity contribution in [2.24, 2.45) is 11.3 Å². The Morgan fingerprint density at radius 3 is 2.53 bits per heavy atom. The highest BCUT2D eigenvalue weighted by atomic mass is 16.4. The highest BCUT2D eigenvalue weighted by Crippen LogP contribution is 2.34. The van der Waals surface area contributed by atoms with Crippen LogP contribution in [0.4, 0.5) is 4.79 Å². The first-order valence-corrected chi connectivity index (χ1v) is 7.05. The van der Waals surface area contributed by atoms with Gasteiger partial charge in [-0.25, -0.2) is 4.79 Å². The zero-order valence-corrected chi connectivity index (χ0v) is 12.2. The van der Waals surface area contributed by atoms with Crippen LogP contribution in [0.15, 0.2) is 0 Å². The molecular formula is C14H26N2O3. The first-order valence-electron chi connectivity index (χ1n) is 7.05. The number of urea groups is 1. The van der Waals surface area contributed by atoms with Crippen LogP contribution in [0.1, 0.15) is 46.5 Å². The third kappa shape index (κ3) is 5.49. The quantitative estimate of drug-likeness (QED) is 0.827. The molecule has 1 heterocycles. The molecule has 5 heteroatoms. The molecule has 0 spiro atoms. The van der Waals surface area contributed by atoms with E-state index in [4.69, 9.17) is 5.11 Å². The number of carboxylic acid groups (broad SMARTS) is 1. The van der Waals surface area contributed by atoms with E-state index in [0.717, 1.165) is 32.4 Å². The van der Waals surface area contributed by atoms with Crippen LogP contribution >= 0.6 is 0 Å². The lowest BCUT2D eigenvalue weighted by atomic mass is 9.77. The SMILES string of the molecule is CC(C)(C)C1CCCN(C(=O)NCCC(=O)O)CC1. The van der Waals surface area contributed by atoms with Crippen LogP contribution in [-0.4, -0.2) is 41.6 Å². The van der Waals surface area contributed by atoms with Crippen LogP contribution in [0, 0.1) is 11.3 Å². The number of hydrogen-bond acceptors (Lipinski definition) is 2. The lowest BCUT2D eigenvalue weighted by Crippen LogP contribution is -2.41. The minimum Gasteiger partial charge on any atom is -0.481 e. The van der Waals surface area contributed by atoms with Crippen LogP contribution in [0.2, 0.25) is 0 Å². The molecule has 1 aliphatic rings. The predicted molar refractivity (Wildman–Crippen MR) is 74.0 cm³/mol. The fourth-order valence-electron chi connectivity index (χ4n) is 2.55. The van der Waals surface area contributed by atoms with Crippen LogP contribution in [0.25, 0.3) is 0 Å². The van der Waals surface area contributed by atoms with Gasteiger partial charge in [-0.3, -0.25) is 4.79 Å². The molecule has 1 rings (SSSR count). The smallest absolute Gasteiger partial charge is 0.317 e. The summed E-state index contributed by atoms with van der Waals surface area (Å²) >= 11 is 0. The average Bonchev–Trinajstić information content (AvgIpc) is 2.52. The Morgan fingerprint density at radius 2 is 1.95 bits per heavy atom. The van der Waals surface area contributed by atoms with E-state index in [1.165, 1.54) is 0 Å². The molecule has 19 heavy (non-hydrogen) atoms. The maximum Gasteiger partial charge on any atom is 0.317 e. The summed E-state index contributed by atoms with van der Waals surface area (Å²) in [6, 6.07) is -0.129. The van der Waals surface area contributed by atoms with Gasteiger partial charge in [0.2, 0.25) is 0 Å². The fraction of sp³-hybridized carbons (Fsp3) is 0.857. The molecule has 1 atom stereocenters. The maximum absolute atomic E-state index is 11.9. The van der Waals surface area contributed by atoms with Crippen molar-refractivity contribution >= 4 is 12.0 Å². The minimum absolute atomic E-state index is 0.0236. The number of carbonyl (C=O) groups excluding carboxylic acids is 1. The van der Waals surface area contributed by atoms with E-state index in [-0.39, 0.29) is 24.4 Å². The van der Waals surface area contributed by atoms with Crippen LogP contribution in [-0.2, 0) is 4.79 Å². The van der Waals surface area contributed by atoms with Crippen LogP contribution < -0.4 is 5.32 Å². The number of carboxylic acids is 1. The number of hydrogen-bond donors (Lipinski definition) is 2. The number of rotatable bonds is 3. The Bertz CT molecular complexity index is 323. The van der Waals surface area contributed by atoms with E-state index in [1.807, 2.05) is 4.90 Å². The molecule has 2 N–H and O–H groups in total. The molecule has 0 radical (unpaired) electrons. The van der Waals surface area contributed by atoms with Gasteiger partial charge in [0.05, 0.1) is 6.42 Å². The molecule has 2 amide bonds. The molecule has 110 valence electrons. The number of amides is 2. The Morgan fingerprint density at radius 1 is 1.26 bits per heavy atom. The van der Waals surface area contributed by atoms with Crippen molar-refractivity contribution in [1.82, 2.24) is 10.2 Å². The summed E-state index contributed by atoms with van der Waals surface area (Å²) < 4.78 is 0. The Balaban J connectivity index is 2.39. The first-order chi connectivity index (χ1) is 8.80. The molecule has 1 aliphatic heterocycles. The van der Waals surface area contributed by atoms with E-state index in [9.17, 15) is 9.59 Å². The molecule has 0 aromatic rings. The summed E-state index contributed by atoms with van der Waals surface area (Å²) in [7, 11) is 0. The number of likely N-dealkylation sites (tertiary alicyclic amines) is 1. The zero-order valence-electron chi connectivity index (χ0n) is 12.2. The molecule has 0 saturated carbocycles. The second-order valence-electron chi connectivity index (χ2n) is 6.36. The monoisotopic (exact) mass is 270 g/mol. The van der Waals surface area contributed by atoms with Crippen molar-refractivity contribution in [2.45, 2.75) is 46.5 Å². The van der Waals surface area contributed by atoms with Crippen molar-refractivity contribution in [2.75, 3.05) is 19.6 Å². The molecule has 0 bridgehead atoms. The first kappa shape index (κ1) is 15.8. The normalized spacial score (nSPS) is 20.8. The summed E-state index contributed by atoms with van der Waals surface area (Å²) in [6.45, 7) is 8.49. The molecule has 1 fully saturated rings. The third-order valence-corrected chi connectivity index (χ3v) is 3.86. The Labute approximate surface area is 115 Å². The van der Waals surface area contributed by atoms with E-state index in [1.54, 1.807) is 0 Å². The van der Waals surface area contributed by atoms with Crippen molar-refractivity contribution < 1.29 is 14.7 Å². The Kier molecular flexibility index (Phi) is 5.63. The lowest BCUT2D eigenvalue weighted by Gasteiger charge is -2.29. The van der Waals surface area contributed by atoms with Gasteiger partial charge in [-0.1, -0.05) is 20.8 Å². The average molecular weight is 270 g/mol. The molecule has 1 saturated heterocycles. The van der Waals surface area contributed by atoms with E-state index in [0.29, 0.717) is 5.92 Å². The highest BCUT2D eigenvalue weighted by Gasteiger charge is 2.28. The number of nitrogens with one attached hydrogen (secondary N) is 1. The number of nitrogens with zero attached hydrogens (tertiary/aromatic N) is 1. The van der Waals surface area contributed by atoms with E-state index >= 15 is 0 Å². The van der Waals surface area contributed by atoms with Gasteiger partial charge in [-0.2, -0.15) is 0 Å². The van der Waals surface area contributed by atoms with Crippen molar-refractivity contribution in [3.05, 3.63) is 0 Å². The van der Waals surface area contributed by atoms with Crippen molar-refractivity contribution in [1.29, 1.82) is 0 Å². The van der Waals surface area contributed by atoms with Gasteiger partial charge < -0.3 is 15.3 Å². The van der Waals surface area contributed by atoms with Gasteiger partial charge >= 0.3 is 12.0 Å². The zero-order chi connectivity index (χ0) is 14.5.